The molecule has 0 saturated carbocycles. The van der Waals surface area contributed by atoms with Crippen molar-refractivity contribution in [3.63, 3.8) is 0 Å². The second kappa shape index (κ2) is 8.46. The van der Waals surface area contributed by atoms with E-state index in [1.54, 1.807) is 37.4 Å². The Kier molecular flexibility index (Phi) is 6.24. The summed E-state index contributed by atoms with van der Waals surface area (Å²) < 4.78 is 0.887. The van der Waals surface area contributed by atoms with Gasteiger partial charge in [0.25, 0.3) is 0 Å². The van der Waals surface area contributed by atoms with Crippen molar-refractivity contribution in [1.82, 2.24) is 0 Å². The number of nitrogens with zero attached hydrogens (tertiary/aromatic N) is 2. The van der Waals surface area contributed by atoms with E-state index >= 15 is 0 Å². The van der Waals surface area contributed by atoms with Gasteiger partial charge in [-0.1, -0.05) is 45.4 Å². The number of nitrogens with one attached hydrogen (secondary N) is 1. The minimum Gasteiger partial charge on any atom is -0.335 e. The van der Waals surface area contributed by atoms with Crippen LogP contribution >= 0.6 is 39.3 Å². The Balaban J connectivity index is 1.72. The van der Waals surface area contributed by atoms with E-state index in [4.69, 9.17) is 11.6 Å². The number of carbonyl (C=O) groups is 2. The maximum atomic E-state index is 12.8. The van der Waals surface area contributed by atoms with Gasteiger partial charge >= 0.3 is 0 Å². The molecule has 2 aromatic carbocycles. The molecule has 8 heteroatoms. The Morgan fingerprint density at radius 1 is 1.26 bits per heavy atom. The number of halogens is 2. The van der Waals surface area contributed by atoms with E-state index in [1.807, 2.05) is 19.1 Å². The second-order valence-electron chi connectivity index (χ2n) is 5.97. The summed E-state index contributed by atoms with van der Waals surface area (Å²) in [4.78, 5) is 30.6. The number of thioether (sulfide) groups is 1. The fraction of sp³-hybridized carbons (Fsp3) is 0.211. The number of benzene rings is 2. The number of anilines is 2. The van der Waals surface area contributed by atoms with Crippen molar-refractivity contribution in [2.24, 2.45) is 4.99 Å². The van der Waals surface area contributed by atoms with Crippen LogP contribution < -0.4 is 10.2 Å². The van der Waals surface area contributed by atoms with Crippen LogP contribution in [0.3, 0.4) is 0 Å². The van der Waals surface area contributed by atoms with Gasteiger partial charge in [0.15, 0.2) is 5.17 Å². The van der Waals surface area contributed by atoms with Gasteiger partial charge in [0, 0.05) is 28.7 Å². The molecule has 0 spiro atoms. The molecule has 1 saturated heterocycles. The van der Waals surface area contributed by atoms with Crippen LogP contribution in [0.15, 0.2) is 51.9 Å². The Morgan fingerprint density at radius 3 is 2.59 bits per heavy atom. The van der Waals surface area contributed by atoms with E-state index in [0.29, 0.717) is 15.9 Å². The maximum absolute atomic E-state index is 12.8. The number of amidine groups is 1. The van der Waals surface area contributed by atoms with Crippen LogP contribution in [-0.2, 0) is 9.59 Å². The summed E-state index contributed by atoms with van der Waals surface area (Å²) in [6.45, 7) is 1.93. The standard InChI is InChI=1S/C19H17BrClN3O2S/c1-11-3-6-13(9-15(11)21)23-19(22-2)27-16-10-17(25)24(18(16)26)14-7-4-12(20)5-8-14/h3-9,16H,10H2,1-2H3,(H,22,23)/t16-/m0/s1. The molecule has 1 fully saturated rings. The Morgan fingerprint density at radius 2 is 1.96 bits per heavy atom. The van der Waals surface area contributed by atoms with Crippen LogP contribution in [0.4, 0.5) is 11.4 Å². The first-order chi connectivity index (χ1) is 12.9. The number of amides is 2. The van der Waals surface area contributed by atoms with Crippen molar-refractivity contribution in [2.45, 2.75) is 18.6 Å². The van der Waals surface area contributed by atoms with Gasteiger partial charge in [-0.15, -0.1) is 0 Å². The van der Waals surface area contributed by atoms with Crippen molar-refractivity contribution >= 4 is 67.6 Å². The highest BCUT2D eigenvalue weighted by Gasteiger charge is 2.40. The van der Waals surface area contributed by atoms with Crippen LogP contribution in [0.25, 0.3) is 0 Å². The van der Waals surface area contributed by atoms with Gasteiger partial charge in [0.2, 0.25) is 11.8 Å². The highest BCUT2D eigenvalue weighted by molar-refractivity contribution is 9.10. The molecule has 27 heavy (non-hydrogen) atoms. The number of carbonyl (C=O) groups excluding carboxylic acids is 2. The molecule has 5 nitrogen and oxygen atoms in total. The Bertz CT molecular complexity index is 918. The molecule has 1 aliphatic rings. The molecule has 140 valence electrons. The molecule has 0 radical (unpaired) electrons. The zero-order valence-electron chi connectivity index (χ0n) is 14.7. The van der Waals surface area contributed by atoms with Crippen molar-refractivity contribution < 1.29 is 9.59 Å². The molecule has 0 bridgehead atoms. The Labute approximate surface area is 175 Å². The molecule has 1 aliphatic heterocycles. The third-order valence-electron chi connectivity index (χ3n) is 4.07. The molecule has 1 N–H and O–H groups in total. The van der Waals surface area contributed by atoms with E-state index < -0.39 is 5.25 Å². The first-order valence-electron chi connectivity index (χ1n) is 8.18. The first-order valence-corrected chi connectivity index (χ1v) is 10.2. The molecule has 1 heterocycles. The summed E-state index contributed by atoms with van der Waals surface area (Å²) in [6, 6.07) is 12.7. The van der Waals surface area contributed by atoms with E-state index in [0.717, 1.165) is 15.7 Å². The van der Waals surface area contributed by atoms with E-state index in [1.165, 1.54) is 16.7 Å². The van der Waals surface area contributed by atoms with Crippen molar-refractivity contribution in [3.05, 3.63) is 57.5 Å². The fourth-order valence-electron chi connectivity index (χ4n) is 2.62. The number of hydrogen-bond acceptors (Lipinski definition) is 4. The fourth-order valence-corrected chi connectivity index (χ4v) is 4.05. The quantitative estimate of drug-likeness (QED) is 0.398. The number of hydrogen-bond donors (Lipinski definition) is 1. The highest BCUT2D eigenvalue weighted by atomic mass is 79.9. The lowest BCUT2D eigenvalue weighted by Gasteiger charge is -2.16. The monoisotopic (exact) mass is 465 g/mol. The molecule has 1 atom stereocenters. The van der Waals surface area contributed by atoms with Gasteiger partial charge in [-0.25, -0.2) is 4.90 Å². The molecule has 2 amide bonds. The van der Waals surface area contributed by atoms with Gasteiger partial charge < -0.3 is 5.32 Å². The Hall–Kier alpha value is -1.83. The number of aliphatic imine (C=N–C) groups is 1. The summed E-state index contributed by atoms with van der Waals surface area (Å²) >= 11 is 10.8. The van der Waals surface area contributed by atoms with Crippen LogP contribution in [0.1, 0.15) is 12.0 Å². The van der Waals surface area contributed by atoms with Crippen LogP contribution in [0, 0.1) is 6.92 Å². The van der Waals surface area contributed by atoms with Crippen molar-refractivity contribution in [3.8, 4) is 0 Å². The number of imide groups is 1. The molecule has 0 aromatic heterocycles. The molecular formula is C19H17BrClN3O2S. The SMILES string of the molecule is CN=C(Nc1ccc(C)c(Cl)c1)S[C@H]1CC(=O)N(c2ccc(Br)cc2)C1=O. The van der Waals surface area contributed by atoms with Gasteiger partial charge in [0.1, 0.15) is 5.25 Å². The summed E-state index contributed by atoms with van der Waals surface area (Å²) in [6.07, 6.45) is 0.134. The number of rotatable bonds is 3. The highest BCUT2D eigenvalue weighted by Crippen LogP contribution is 2.31. The zero-order valence-corrected chi connectivity index (χ0v) is 17.9. The largest absolute Gasteiger partial charge is 0.335 e. The second-order valence-corrected chi connectivity index (χ2v) is 8.49. The smallest absolute Gasteiger partial charge is 0.247 e. The van der Waals surface area contributed by atoms with Gasteiger partial charge in [-0.3, -0.25) is 14.6 Å². The van der Waals surface area contributed by atoms with Gasteiger partial charge in [0.05, 0.1) is 5.69 Å². The van der Waals surface area contributed by atoms with E-state index in [9.17, 15) is 9.59 Å². The summed E-state index contributed by atoms with van der Waals surface area (Å²) in [5.41, 5.74) is 2.33. The first kappa shape index (κ1) is 19.9. The predicted molar refractivity (Wildman–Crippen MR) is 116 cm³/mol. The number of aryl methyl sites for hydroxylation is 1. The third-order valence-corrected chi connectivity index (χ3v) is 6.17. The lowest BCUT2D eigenvalue weighted by molar-refractivity contribution is -0.121. The minimum atomic E-state index is -0.520. The van der Waals surface area contributed by atoms with Crippen molar-refractivity contribution in [1.29, 1.82) is 0 Å². The van der Waals surface area contributed by atoms with Crippen LogP contribution in [0.2, 0.25) is 5.02 Å². The van der Waals surface area contributed by atoms with E-state index in [2.05, 4.69) is 26.2 Å². The normalized spacial score (nSPS) is 17.6. The zero-order chi connectivity index (χ0) is 19.6. The molecule has 3 rings (SSSR count). The van der Waals surface area contributed by atoms with Gasteiger partial charge in [-0.2, -0.15) is 0 Å². The lowest BCUT2D eigenvalue weighted by Crippen LogP contribution is -2.31. The predicted octanol–water partition coefficient (Wildman–Crippen LogP) is 4.87. The summed E-state index contributed by atoms with van der Waals surface area (Å²) in [7, 11) is 1.64. The molecule has 0 unspecified atom stereocenters. The molecule has 0 aliphatic carbocycles. The van der Waals surface area contributed by atoms with Crippen LogP contribution in [-0.4, -0.2) is 29.3 Å². The minimum absolute atomic E-state index is 0.134. The average molecular weight is 467 g/mol. The summed E-state index contributed by atoms with van der Waals surface area (Å²) in [5.74, 6) is -0.453. The lowest BCUT2D eigenvalue weighted by atomic mass is 10.2. The van der Waals surface area contributed by atoms with Crippen LogP contribution in [0.5, 0.6) is 0 Å². The summed E-state index contributed by atoms with van der Waals surface area (Å²) in [5, 5.41) is 3.84. The third kappa shape index (κ3) is 4.54. The maximum Gasteiger partial charge on any atom is 0.247 e. The molecular weight excluding hydrogens is 450 g/mol. The average Bonchev–Trinajstić information content (AvgIpc) is 2.92. The topological polar surface area (TPSA) is 61.8 Å². The van der Waals surface area contributed by atoms with E-state index in [-0.39, 0.29) is 18.2 Å². The van der Waals surface area contributed by atoms with Gasteiger partial charge in [-0.05, 0) is 48.9 Å². The molecule has 2 aromatic rings. The van der Waals surface area contributed by atoms with Crippen molar-refractivity contribution in [2.75, 3.05) is 17.3 Å².